The van der Waals surface area contributed by atoms with E-state index in [0.717, 1.165) is 11.3 Å². The number of nitrogens with one attached hydrogen (secondary N) is 1. The van der Waals surface area contributed by atoms with E-state index in [0.29, 0.717) is 24.5 Å². The van der Waals surface area contributed by atoms with E-state index in [1.807, 2.05) is 31.2 Å². The summed E-state index contributed by atoms with van der Waals surface area (Å²) in [7, 11) is 1.62. The van der Waals surface area contributed by atoms with Crippen LogP contribution in [-0.4, -0.2) is 34.7 Å². The summed E-state index contributed by atoms with van der Waals surface area (Å²) in [5.41, 5.74) is 8.29. The van der Waals surface area contributed by atoms with E-state index in [4.69, 9.17) is 10.5 Å². The molecule has 2 aromatic rings. The van der Waals surface area contributed by atoms with E-state index in [-0.39, 0.29) is 11.6 Å². The van der Waals surface area contributed by atoms with Crippen LogP contribution in [0.3, 0.4) is 0 Å². The number of amides is 1. The van der Waals surface area contributed by atoms with Crippen molar-refractivity contribution in [1.82, 2.24) is 15.1 Å². The molecule has 0 radical (unpaired) electrons. The number of rotatable bonds is 5. The number of nitrogens with two attached hydrogens (primary N) is 1. The van der Waals surface area contributed by atoms with Crippen molar-refractivity contribution in [1.29, 1.82) is 0 Å². The summed E-state index contributed by atoms with van der Waals surface area (Å²) in [4.78, 5) is 14.2. The van der Waals surface area contributed by atoms with Gasteiger partial charge in [0, 0.05) is 13.1 Å². The number of aromatic amines is 1. The second kappa shape index (κ2) is 6.30. The molecule has 0 aliphatic carbocycles. The van der Waals surface area contributed by atoms with Gasteiger partial charge in [0.25, 0.3) is 5.91 Å². The summed E-state index contributed by atoms with van der Waals surface area (Å²) >= 11 is 0. The molecule has 0 bridgehead atoms. The molecule has 0 saturated heterocycles. The van der Waals surface area contributed by atoms with Gasteiger partial charge in [-0.15, -0.1) is 0 Å². The molecule has 6 nitrogen and oxygen atoms in total. The summed E-state index contributed by atoms with van der Waals surface area (Å²) in [5, 5.41) is 6.73. The molecule has 112 valence electrons. The molecule has 1 aromatic carbocycles. The summed E-state index contributed by atoms with van der Waals surface area (Å²) in [6.45, 7) is 4.80. The van der Waals surface area contributed by atoms with Crippen LogP contribution in [0.5, 0.6) is 5.75 Å². The lowest BCUT2D eigenvalue weighted by Gasteiger charge is -2.20. The predicted molar refractivity (Wildman–Crippen MR) is 81.1 cm³/mol. The van der Waals surface area contributed by atoms with E-state index in [2.05, 4.69) is 10.2 Å². The van der Waals surface area contributed by atoms with Gasteiger partial charge in [0.1, 0.15) is 5.75 Å². The molecule has 1 heterocycles. The SMILES string of the molecule is CCN(Cc1ccc(OC)cc1)C(=O)c1n[nH]c(C)c1N. The smallest absolute Gasteiger partial charge is 0.276 e. The Morgan fingerprint density at radius 2 is 2.05 bits per heavy atom. The van der Waals surface area contributed by atoms with Gasteiger partial charge >= 0.3 is 0 Å². The Morgan fingerprint density at radius 3 is 2.52 bits per heavy atom. The predicted octanol–water partition coefficient (Wildman–Crippen LogP) is 1.97. The summed E-state index contributed by atoms with van der Waals surface area (Å²) in [6, 6.07) is 7.63. The number of methoxy groups -OCH3 is 1. The quantitative estimate of drug-likeness (QED) is 0.881. The Balaban J connectivity index is 2.15. The molecule has 3 N–H and O–H groups in total. The lowest BCUT2D eigenvalue weighted by molar-refractivity contribution is 0.0747. The zero-order valence-corrected chi connectivity index (χ0v) is 12.5. The summed E-state index contributed by atoms with van der Waals surface area (Å²) < 4.78 is 5.12. The molecular weight excluding hydrogens is 268 g/mol. The van der Waals surface area contributed by atoms with Crippen LogP contribution in [0.2, 0.25) is 0 Å². The highest BCUT2D eigenvalue weighted by Crippen LogP contribution is 2.17. The zero-order chi connectivity index (χ0) is 15.4. The maximum Gasteiger partial charge on any atom is 0.276 e. The lowest BCUT2D eigenvalue weighted by Crippen LogP contribution is -2.31. The Morgan fingerprint density at radius 1 is 1.38 bits per heavy atom. The van der Waals surface area contributed by atoms with E-state index >= 15 is 0 Å². The number of aryl methyl sites for hydroxylation is 1. The van der Waals surface area contributed by atoms with Crippen LogP contribution in [0.15, 0.2) is 24.3 Å². The first kappa shape index (κ1) is 14.9. The third kappa shape index (κ3) is 3.16. The van der Waals surface area contributed by atoms with Crippen LogP contribution < -0.4 is 10.5 Å². The van der Waals surface area contributed by atoms with Crippen molar-refractivity contribution in [3.63, 3.8) is 0 Å². The molecule has 0 saturated carbocycles. The molecular formula is C15H20N4O2. The van der Waals surface area contributed by atoms with E-state index in [1.165, 1.54) is 0 Å². The normalized spacial score (nSPS) is 10.4. The van der Waals surface area contributed by atoms with Gasteiger partial charge in [0.05, 0.1) is 18.5 Å². The van der Waals surface area contributed by atoms with Crippen molar-refractivity contribution in [3.8, 4) is 5.75 Å². The average Bonchev–Trinajstić information content (AvgIpc) is 2.84. The first-order chi connectivity index (χ1) is 10.1. The molecule has 0 atom stereocenters. The topological polar surface area (TPSA) is 84.2 Å². The van der Waals surface area contributed by atoms with Crippen LogP contribution in [0.25, 0.3) is 0 Å². The number of anilines is 1. The Hall–Kier alpha value is -2.50. The van der Waals surface area contributed by atoms with Crippen molar-refractivity contribution >= 4 is 11.6 Å². The third-order valence-electron chi connectivity index (χ3n) is 3.40. The highest BCUT2D eigenvalue weighted by atomic mass is 16.5. The van der Waals surface area contributed by atoms with E-state index < -0.39 is 0 Å². The van der Waals surface area contributed by atoms with Gasteiger partial charge < -0.3 is 15.4 Å². The fourth-order valence-electron chi connectivity index (χ4n) is 2.03. The molecule has 0 aliphatic rings. The minimum absolute atomic E-state index is 0.171. The molecule has 2 rings (SSSR count). The standard InChI is InChI=1S/C15H20N4O2/c1-4-19(9-11-5-7-12(21-3)8-6-11)15(20)14-13(16)10(2)17-18-14/h5-8H,4,9,16H2,1-3H3,(H,17,18). The average molecular weight is 288 g/mol. The van der Waals surface area contributed by atoms with Gasteiger partial charge in [-0.05, 0) is 31.5 Å². The molecule has 6 heteroatoms. The number of hydrogen-bond donors (Lipinski definition) is 2. The highest BCUT2D eigenvalue weighted by molar-refractivity contribution is 5.97. The van der Waals surface area contributed by atoms with Crippen molar-refractivity contribution < 1.29 is 9.53 Å². The molecule has 21 heavy (non-hydrogen) atoms. The second-order valence-corrected chi connectivity index (χ2v) is 4.78. The second-order valence-electron chi connectivity index (χ2n) is 4.78. The van der Waals surface area contributed by atoms with Crippen LogP contribution >= 0.6 is 0 Å². The maximum absolute atomic E-state index is 12.5. The zero-order valence-electron chi connectivity index (χ0n) is 12.5. The first-order valence-corrected chi connectivity index (χ1v) is 6.79. The number of carbonyl (C=O) groups is 1. The Bertz CT molecular complexity index is 619. The van der Waals surface area contributed by atoms with Crippen LogP contribution in [0.4, 0.5) is 5.69 Å². The summed E-state index contributed by atoms with van der Waals surface area (Å²) in [6.07, 6.45) is 0. The van der Waals surface area contributed by atoms with Crippen molar-refractivity contribution in [3.05, 3.63) is 41.2 Å². The fraction of sp³-hybridized carbons (Fsp3) is 0.333. The number of benzene rings is 1. The number of ether oxygens (including phenoxy) is 1. The fourth-order valence-corrected chi connectivity index (χ4v) is 2.03. The van der Waals surface area contributed by atoms with Crippen molar-refractivity contribution in [2.75, 3.05) is 19.4 Å². The molecule has 1 amide bonds. The number of hydrogen-bond acceptors (Lipinski definition) is 4. The van der Waals surface area contributed by atoms with Gasteiger partial charge in [0.2, 0.25) is 0 Å². The first-order valence-electron chi connectivity index (χ1n) is 6.79. The van der Waals surface area contributed by atoms with E-state index in [9.17, 15) is 4.79 Å². The third-order valence-corrected chi connectivity index (χ3v) is 3.40. The molecule has 0 spiro atoms. The minimum Gasteiger partial charge on any atom is -0.497 e. The maximum atomic E-state index is 12.5. The van der Waals surface area contributed by atoms with Gasteiger partial charge in [-0.3, -0.25) is 9.89 Å². The molecule has 0 aliphatic heterocycles. The molecule has 1 aromatic heterocycles. The number of nitrogen functional groups attached to an aromatic ring is 1. The van der Waals surface area contributed by atoms with Gasteiger partial charge in [-0.25, -0.2) is 0 Å². The number of aromatic nitrogens is 2. The number of nitrogens with zero attached hydrogens (tertiary/aromatic N) is 2. The Kier molecular flexibility index (Phi) is 4.47. The van der Waals surface area contributed by atoms with E-state index in [1.54, 1.807) is 18.9 Å². The lowest BCUT2D eigenvalue weighted by atomic mass is 10.2. The van der Waals surface area contributed by atoms with Crippen LogP contribution in [0.1, 0.15) is 28.7 Å². The van der Waals surface area contributed by atoms with Gasteiger partial charge in [-0.2, -0.15) is 5.10 Å². The van der Waals surface area contributed by atoms with Crippen molar-refractivity contribution in [2.24, 2.45) is 0 Å². The molecule has 0 unspecified atom stereocenters. The summed E-state index contributed by atoms with van der Waals surface area (Å²) in [5.74, 6) is 0.621. The monoisotopic (exact) mass is 288 g/mol. The molecule has 0 fully saturated rings. The van der Waals surface area contributed by atoms with Gasteiger partial charge in [0.15, 0.2) is 5.69 Å². The number of carbonyl (C=O) groups excluding carboxylic acids is 1. The highest BCUT2D eigenvalue weighted by Gasteiger charge is 2.21. The number of H-pyrrole nitrogens is 1. The van der Waals surface area contributed by atoms with Crippen LogP contribution in [-0.2, 0) is 6.54 Å². The minimum atomic E-state index is -0.171. The van der Waals surface area contributed by atoms with Gasteiger partial charge in [-0.1, -0.05) is 12.1 Å². The van der Waals surface area contributed by atoms with Crippen molar-refractivity contribution in [2.45, 2.75) is 20.4 Å². The largest absolute Gasteiger partial charge is 0.497 e. The van der Waals surface area contributed by atoms with Crippen LogP contribution in [0, 0.1) is 6.92 Å². The Labute approximate surface area is 123 Å².